The van der Waals surface area contributed by atoms with Crippen molar-refractivity contribution in [1.82, 2.24) is 19.7 Å². The number of nitrogens with one attached hydrogen (secondary N) is 1. The van der Waals surface area contributed by atoms with E-state index in [1.165, 1.54) is 36.0 Å². The van der Waals surface area contributed by atoms with E-state index in [1.54, 1.807) is 0 Å². The van der Waals surface area contributed by atoms with Crippen molar-refractivity contribution in [3.8, 4) is 0 Å². The summed E-state index contributed by atoms with van der Waals surface area (Å²) in [5, 5.41) is 12.5. The largest absolute Gasteiger partial charge is 0.327 e. The van der Waals surface area contributed by atoms with Crippen molar-refractivity contribution in [1.29, 1.82) is 0 Å². The molecule has 0 saturated heterocycles. The highest BCUT2D eigenvalue weighted by Gasteiger charge is 2.13. The van der Waals surface area contributed by atoms with Crippen molar-refractivity contribution in [2.24, 2.45) is 7.05 Å². The number of rotatable bonds is 4. The van der Waals surface area contributed by atoms with Crippen LogP contribution in [0.4, 0.5) is 10.1 Å². The fourth-order valence-electron chi connectivity index (χ4n) is 2.71. The Hall–Kier alpha value is -3.00. The summed E-state index contributed by atoms with van der Waals surface area (Å²) >= 11 is 1.20. The predicted molar refractivity (Wildman–Crippen MR) is 99.6 cm³/mol. The molecule has 2 aromatic heterocycles. The van der Waals surface area contributed by atoms with Gasteiger partial charge in [0.2, 0.25) is 11.1 Å². The lowest BCUT2D eigenvalue weighted by atomic mass is 10.2. The Morgan fingerprint density at radius 1 is 1.15 bits per heavy atom. The molecule has 0 spiro atoms. The topological polar surface area (TPSA) is 72.7 Å². The summed E-state index contributed by atoms with van der Waals surface area (Å²) in [4.78, 5) is 16.6. The first-order chi connectivity index (χ1) is 12.6. The van der Waals surface area contributed by atoms with E-state index in [0.717, 1.165) is 22.1 Å². The second-order valence-corrected chi connectivity index (χ2v) is 6.63. The van der Waals surface area contributed by atoms with Crippen LogP contribution in [0.15, 0.2) is 53.7 Å². The molecule has 0 aliphatic rings. The van der Waals surface area contributed by atoms with E-state index in [4.69, 9.17) is 0 Å². The van der Waals surface area contributed by atoms with Crippen molar-refractivity contribution in [3.05, 3.63) is 54.3 Å². The maximum atomic E-state index is 12.9. The molecule has 130 valence electrons. The van der Waals surface area contributed by atoms with Gasteiger partial charge in [0.25, 0.3) is 0 Å². The van der Waals surface area contributed by atoms with Gasteiger partial charge in [-0.15, -0.1) is 10.2 Å². The number of thioether (sulfide) groups is 1. The Labute approximate surface area is 152 Å². The van der Waals surface area contributed by atoms with E-state index in [2.05, 4.69) is 20.5 Å². The summed E-state index contributed by atoms with van der Waals surface area (Å²) in [7, 11) is 1.93. The van der Waals surface area contributed by atoms with Gasteiger partial charge in [-0.25, -0.2) is 9.37 Å². The number of halogens is 1. The third-order valence-electron chi connectivity index (χ3n) is 3.95. The van der Waals surface area contributed by atoms with Crippen LogP contribution in [0.1, 0.15) is 0 Å². The zero-order valence-electron chi connectivity index (χ0n) is 13.8. The van der Waals surface area contributed by atoms with Crippen LogP contribution >= 0.6 is 11.8 Å². The zero-order valence-corrected chi connectivity index (χ0v) is 14.6. The first-order valence-corrected chi connectivity index (χ1v) is 8.86. The molecule has 0 radical (unpaired) electrons. The smallest absolute Gasteiger partial charge is 0.234 e. The van der Waals surface area contributed by atoms with Gasteiger partial charge in [0.1, 0.15) is 11.3 Å². The molecule has 0 atom stereocenters. The van der Waals surface area contributed by atoms with Gasteiger partial charge in [-0.1, -0.05) is 30.0 Å². The standard InChI is InChI=1S/C18H14FN5OS/c1-24-14-5-3-2-4-13(14)16-17(24)21-18(23-22-16)26-10-15(25)20-12-8-6-11(19)7-9-12/h2-9H,10H2,1H3,(H,20,25). The van der Waals surface area contributed by atoms with E-state index in [-0.39, 0.29) is 17.5 Å². The normalized spacial score (nSPS) is 11.2. The third-order valence-corrected chi connectivity index (χ3v) is 4.79. The van der Waals surface area contributed by atoms with Gasteiger partial charge in [-0.05, 0) is 30.3 Å². The maximum Gasteiger partial charge on any atom is 0.234 e. The highest BCUT2D eigenvalue weighted by atomic mass is 32.2. The molecule has 0 saturated carbocycles. The van der Waals surface area contributed by atoms with Gasteiger partial charge in [0.05, 0.1) is 11.3 Å². The number of anilines is 1. The average Bonchev–Trinajstić information content (AvgIpc) is 2.94. The fourth-order valence-corrected chi connectivity index (χ4v) is 3.30. The SMILES string of the molecule is Cn1c2ccccc2c2nnc(SCC(=O)Nc3ccc(F)cc3)nc21. The molecule has 2 heterocycles. The number of hydrogen-bond donors (Lipinski definition) is 1. The summed E-state index contributed by atoms with van der Waals surface area (Å²) in [6.45, 7) is 0. The van der Waals surface area contributed by atoms with E-state index < -0.39 is 0 Å². The quantitative estimate of drug-likeness (QED) is 0.560. The molecule has 1 amide bonds. The minimum absolute atomic E-state index is 0.133. The second-order valence-electron chi connectivity index (χ2n) is 5.69. The van der Waals surface area contributed by atoms with Crippen LogP contribution in [0.5, 0.6) is 0 Å². The Morgan fingerprint density at radius 3 is 2.73 bits per heavy atom. The number of para-hydroxylation sites is 1. The monoisotopic (exact) mass is 367 g/mol. The summed E-state index contributed by atoms with van der Waals surface area (Å²) in [6.07, 6.45) is 0. The Balaban J connectivity index is 1.50. The molecule has 6 nitrogen and oxygen atoms in total. The molecule has 2 aromatic carbocycles. The molecule has 8 heteroatoms. The van der Waals surface area contributed by atoms with Crippen molar-refractivity contribution in [2.75, 3.05) is 11.1 Å². The Morgan fingerprint density at radius 2 is 1.92 bits per heavy atom. The molecule has 1 N–H and O–H groups in total. The minimum Gasteiger partial charge on any atom is -0.327 e. The van der Waals surface area contributed by atoms with Gasteiger partial charge in [-0.2, -0.15) is 0 Å². The molecule has 4 aromatic rings. The lowest BCUT2D eigenvalue weighted by Crippen LogP contribution is -2.14. The first-order valence-electron chi connectivity index (χ1n) is 7.88. The van der Waals surface area contributed by atoms with Crippen molar-refractivity contribution >= 4 is 45.4 Å². The predicted octanol–water partition coefficient (Wildman–Crippen LogP) is 3.39. The van der Waals surface area contributed by atoms with Crippen molar-refractivity contribution in [3.63, 3.8) is 0 Å². The number of carbonyl (C=O) groups is 1. The van der Waals surface area contributed by atoms with Crippen LogP contribution in [-0.4, -0.2) is 31.4 Å². The molecule has 0 fully saturated rings. The molecule has 0 aliphatic carbocycles. The molecular weight excluding hydrogens is 353 g/mol. The van der Waals surface area contributed by atoms with Gasteiger partial charge in [0.15, 0.2) is 5.65 Å². The van der Waals surface area contributed by atoms with Crippen molar-refractivity contribution < 1.29 is 9.18 Å². The van der Waals surface area contributed by atoms with Crippen LogP contribution in [0.25, 0.3) is 22.1 Å². The maximum absolute atomic E-state index is 12.9. The number of benzene rings is 2. The lowest BCUT2D eigenvalue weighted by Gasteiger charge is -2.04. The minimum atomic E-state index is -0.347. The number of nitrogens with zero attached hydrogens (tertiary/aromatic N) is 4. The van der Waals surface area contributed by atoms with Gasteiger partial charge >= 0.3 is 0 Å². The van der Waals surface area contributed by atoms with Crippen LogP contribution < -0.4 is 5.32 Å². The highest BCUT2D eigenvalue weighted by molar-refractivity contribution is 7.99. The number of amides is 1. The number of aromatic nitrogens is 4. The van der Waals surface area contributed by atoms with Gasteiger partial charge in [0, 0.05) is 18.1 Å². The number of carbonyl (C=O) groups excluding carboxylic acids is 1. The summed E-state index contributed by atoms with van der Waals surface area (Å²) in [5.74, 6) is -0.434. The zero-order chi connectivity index (χ0) is 18.1. The van der Waals surface area contributed by atoms with Crippen LogP contribution in [0.2, 0.25) is 0 Å². The lowest BCUT2D eigenvalue weighted by molar-refractivity contribution is -0.113. The molecule has 0 aliphatic heterocycles. The first kappa shape index (κ1) is 16.5. The highest BCUT2D eigenvalue weighted by Crippen LogP contribution is 2.25. The van der Waals surface area contributed by atoms with Crippen LogP contribution in [0, 0.1) is 5.82 Å². The molecular formula is C18H14FN5OS. The van der Waals surface area contributed by atoms with E-state index >= 15 is 0 Å². The Kier molecular flexibility index (Phi) is 4.26. The number of aryl methyl sites for hydroxylation is 1. The van der Waals surface area contributed by atoms with Crippen molar-refractivity contribution in [2.45, 2.75) is 5.16 Å². The average molecular weight is 367 g/mol. The fraction of sp³-hybridized carbons (Fsp3) is 0.111. The molecule has 4 rings (SSSR count). The summed E-state index contributed by atoms with van der Waals surface area (Å²) in [5.41, 5.74) is 3.03. The van der Waals surface area contributed by atoms with E-state index in [1.807, 2.05) is 35.9 Å². The second kappa shape index (κ2) is 6.72. The van der Waals surface area contributed by atoms with Crippen LogP contribution in [-0.2, 0) is 11.8 Å². The molecule has 26 heavy (non-hydrogen) atoms. The van der Waals surface area contributed by atoms with E-state index in [0.29, 0.717) is 10.8 Å². The molecule has 0 bridgehead atoms. The van der Waals surface area contributed by atoms with Crippen LogP contribution in [0.3, 0.4) is 0 Å². The Bertz CT molecular complexity index is 1110. The molecule has 0 unspecified atom stereocenters. The number of fused-ring (bicyclic) bond motifs is 3. The van der Waals surface area contributed by atoms with E-state index in [9.17, 15) is 9.18 Å². The van der Waals surface area contributed by atoms with Gasteiger partial charge < -0.3 is 9.88 Å². The third kappa shape index (κ3) is 3.11. The number of hydrogen-bond acceptors (Lipinski definition) is 5. The summed E-state index contributed by atoms with van der Waals surface area (Å²) < 4.78 is 14.8. The van der Waals surface area contributed by atoms with Gasteiger partial charge in [-0.3, -0.25) is 4.79 Å². The summed E-state index contributed by atoms with van der Waals surface area (Å²) in [6, 6.07) is 13.5.